The predicted molar refractivity (Wildman–Crippen MR) is 157 cm³/mol. The standard InChI is InChI=1S/C32H35FN4O3S/c1-22(23-9-6-5-7-10-23)17-31(38)37(21-30-34-15-16-36(30)4)25-13-14-28-27(19-25)29(20-32(28,2)3)35-41(39,40)26-12-8-11-24(33)18-26/h5-16,18-19,22,29,35H,17,20-21H2,1-4H3/t22-,29-/m0/s1. The highest BCUT2D eigenvalue weighted by atomic mass is 32.2. The van der Waals surface area contributed by atoms with Crippen molar-refractivity contribution in [2.45, 2.75) is 62.4 Å². The number of fused-ring (bicyclic) bond motifs is 1. The minimum atomic E-state index is -3.99. The minimum Gasteiger partial charge on any atom is -0.337 e. The van der Waals surface area contributed by atoms with Gasteiger partial charge in [0.05, 0.1) is 11.4 Å². The number of nitrogens with one attached hydrogen (secondary N) is 1. The topological polar surface area (TPSA) is 84.3 Å². The summed E-state index contributed by atoms with van der Waals surface area (Å²) in [6.07, 6.45) is 4.37. The van der Waals surface area contributed by atoms with E-state index in [1.807, 2.05) is 73.3 Å². The number of rotatable bonds is 9. The maximum absolute atomic E-state index is 13.9. The Morgan fingerprint density at radius 1 is 1.12 bits per heavy atom. The van der Waals surface area contributed by atoms with Crippen LogP contribution in [0, 0.1) is 5.82 Å². The summed E-state index contributed by atoms with van der Waals surface area (Å²) in [6.45, 7) is 6.45. The smallest absolute Gasteiger partial charge is 0.241 e. The highest BCUT2D eigenvalue weighted by Gasteiger charge is 2.39. The zero-order valence-electron chi connectivity index (χ0n) is 23.7. The van der Waals surface area contributed by atoms with Crippen molar-refractivity contribution < 1.29 is 17.6 Å². The number of halogens is 1. The van der Waals surface area contributed by atoms with Crippen LogP contribution in [-0.2, 0) is 33.8 Å². The van der Waals surface area contributed by atoms with Crippen LogP contribution in [0.5, 0.6) is 0 Å². The average molecular weight is 575 g/mol. The van der Waals surface area contributed by atoms with Crippen LogP contribution in [0.3, 0.4) is 0 Å². The fourth-order valence-corrected chi connectivity index (χ4v) is 6.88. The van der Waals surface area contributed by atoms with Gasteiger partial charge in [-0.15, -0.1) is 0 Å². The summed E-state index contributed by atoms with van der Waals surface area (Å²) in [5.74, 6) is 0.0654. The van der Waals surface area contributed by atoms with Crippen molar-refractivity contribution in [3.63, 3.8) is 0 Å². The Balaban J connectivity index is 1.49. The second-order valence-corrected chi connectivity index (χ2v) is 13.2. The lowest BCUT2D eigenvalue weighted by molar-refractivity contribution is -0.119. The first-order valence-electron chi connectivity index (χ1n) is 13.7. The van der Waals surface area contributed by atoms with E-state index in [1.165, 1.54) is 18.2 Å². The van der Waals surface area contributed by atoms with Gasteiger partial charge >= 0.3 is 0 Å². The lowest BCUT2D eigenvalue weighted by Gasteiger charge is -2.26. The third-order valence-electron chi connectivity index (χ3n) is 7.94. The van der Waals surface area contributed by atoms with Gasteiger partial charge in [-0.25, -0.2) is 22.5 Å². The van der Waals surface area contributed by atoms with E-state index >= 15 is 0 Å². The molecule has 2 atom stereocenters. The molecule has 0 fully saturated rings. The number of carbonyl (C=O) groups excluding carboxylic acids is 1. The van der Waals surface area contributed by atoms with Crippen molar-refractivity contribution in [3.05, 3.63) is 114 Å². The van der Waals surface area contributed by atoms with E-state index in [2.05, 4.69) is 23.6 Å². The fraction of sp³-hybridized carbons (Fsp3) is 0.312. The summed E-state index contributed by atoms with van der Waals surface area (Å²) >= 11 is 0. The van der Waals surface area contributed by atoms with Gasteiger partial charge in [-0.2, -0.15) is 0 Å². The summed E-state index contributed by atoms with van der Waals surface area (Å²) in [6, 6.07) is 20.2. The summed E-state index contributed by atoms with van der Waals surface area (Å²) < 4.78 is 45.0. The van der Waals surface area contributed by atoms with Crippen molar-refractivity contribution in [1.82, 2.24) is 14.3 Å². The first-order chi connectivity index (χ1) is 19.4. The zero-order chi connectivity index (χ0) is 29.4. The molecule has 0 bridgehead atoms. The maximum atomic E-state index is 13.9. The van der Waals surface area contributed by atoms with Gasteiger partial charge in [0.2, 0.25) is 15.9 Å². The van der Waals surface area contributed by atoms with Gasteiger partial charge in [0.15, 0.2) is 0 Å². The van der Waals surface area contributed by atoms with Gasteiger partial charge in [0, 0.05) is 37.6 Å². The first kappa shape index (κ1) is 28.7. The number of amides is 1. The van der Waals surface area contributed by atoms with Gasteiger partial charge in [0.25, 0.3) is 0 Å². The molecule has 1 aliphatic carbocycles. The molecule has 214 valence electrons. The van der Waals surface area contributed by atoms with Crippen LogP contribution in [0.1, 0.15) is 68.1 Å². The first-order valence-corrected chi connectivity index (χ1v) is 15.2. The number of imidazole rings is 1. The van der Waals surface area contributed by atoms with Crippen LogP contribution in [0.15, 0.2) is 90.1 Å². The Morgan fingerprint density at radius 3 is 2.56 bits per heavy atom. The van der Waals surface area contributed by atoms with Crippen LogP contribution >= 0.6 is 0 Å². The van der Waals surface area contributed by atoms with Gasteiger partial charge in [-0.05, 0) is 64.8 Å². The number of hydrogen-bond acceptors (Lipinski definition) is 4. The third-order valence-corrected chi connectivity index (χ3v) is 9.41. The second-order valence-electron chi connectivity index (χ2n) is 11.4. The van der Waals surface area contributed by atoms with Crippen LogP contribution in [0.25, 0.3) is 0 Å². The monoisotopic (exact) mass is 574 g/mol. The van der Waals surface area contributed by atoms with Crippen molar-refractivity contribution >= 4 is 21.6 Å². The minimum absolute atomic E-state index is 0.00626. The van der Waals surface area contributed by atoms with E-state index in [0.29, 0.717) is 18.5 Å². The molecule has 0 saturated carbocycles. The molecule has 5 rings (SSSR count). The molecule has 4 aromatic rings. The summed E-state index contributed by atoms with van der Waals surface area (Å²) in [4.78, 5) is 19.9. The number of hydrogen-bond donors (Lipinski definition) is 1. The molecule has 7 nitrogen and oxygen atoms in total. The number of sulfonamides is 1. The van der Waals surface area contributed by atoms with Crippen LogP contribution in [0.4, 0.5) is 10.1 Å². The normalized spacial score (nSPS) is 16.8. The maximum Gasteiger partial charge on any atom is 0.241 e. The van der Waals surface area contributed by atoms with Crippen molar-refractivity contribution in [2.24, 2.45) is 7.05 Å². The Kier molecular flexibility index (Phi) is 7.85. The molecule has 1 heterocycles. The number of anilines is 1. The molecule has 41 heavy (non-hydrogen) atoms. The molecule has 3 aromatic carbocycles. The molecule has 0 radical (unpaired) electrons. The van der Waals surface area contributed by atoms with Crippen molar-refractivity contribution in [2.75, 3.05) is 4.90 Å². The van der Waals surface area contributed by atoms with E-state index in [1.54, 1.807) is 11.1 Å². The molecular formula is C32H35FN4O3S. The quantitative estimate of drug-likeness (QED) is 0.266. The molecule has 1 aliphatic rings. The van der Waals surface area contributed by atoms with Crippen molar-refractivity contribution in [3.8, 4) is 0 Å². The molecule has 0 aliphatic heterocycles. The van der Waals surface area contributed by atoms with Crippen LogP contribution in [0.2, 0.25) is 0 Å². The number of aryl methyl sites for hydroxylation is 1. The Morgan fingerprint density at radius 2 is 1.88 bits per heavy atom. The van der Waals surface area contributed by atoms with Crippen LogP contribution in [-0.4, -0.2) is 23.9 Å². The lowest BCUT2D eigenvalue weighted by Crippen LogP contribution is -2.32. The summed E-state index contributed by atoms with van der Waals surface area (Å²) in [5, 5.41) is 0. The van der Waals surface area contributed by atoms with Crippen molar-refractivity contribution in [1.29, 1.82) is 0 Å². The molecule has 1 amide bonds. The summed E-state index contributed by atoms with van der Waals surface area (Å²) in [7, 11) is -2.10. The van der Waals surface area contributed by atoms with Gasteiger partial charge < -0.3 is 9.47 Å². The zero-order valence-corrected chi connectivity index (χ0v) is 24.5. The van der Waals surface area contributed by atoms with E-state index in [-0.39, 0.29) is 28.7 Å². The number of benzene rings is 3. The third kappa shape index (κ3) is 6.11. The largest absolute Gasteiger partial charge is 0.337 e. The number of nitrogens with zero attached hydrogens (tertiary/aromatic N) is 3. The van der Waals surface area contributed by atoms with Gasteiger partial charge in [-0.1, -0.05) is 63.2 Å². The predicted octanol–water partition coefficient (Wildman–Crippen LogP) is 5.99. The molecule has 0 spiro atoms. The van der Waals surface area contributed by atoms with Gasteiger partial charge in [-0.3, -0.25) is 4.79 Å². The highest BCUT2D eigenvalue weighted by Crippen LogP contribution is 2.46. The Bertz CT molecular complexity index is 1670. The average Bonchev–Trinajstić information content (AvgIpc) is 3.45. The SMILES string of the molecule is C[C@@H](CC(=O)N(Cc1nccn1C)c1ccc2c(c1)[C@@H](NS(=O)(=O)c1cccc(F)c1)CC2(C)C)c1ccccc1. The lowest BCUT2D eigenvalue weighted by atomic mass is 9.86. The van der Waals surface area contributed by atoms with Crippen LogP contribution < -0.4 is 9.62 Å². The number of aromatic nitrogens is 2. The Labute approximate surface area is 241 Å². The number of carbonyl (C=O) groups is 1. The second kappa shape index (κ2) is 11.2. The molecule has 0 unspecified atom stereocenters. The van der Waals surface area contributed by atoms with E-state index < -0.39 is 21.9 Å². The molecule has 1 N–H and O–H groups in total. The van der Waals surface area contributed by atoms with E-state index in [9.17, 15) is 17.6 Å². The highest BCUT2D eigenvalue weighted by molar-refractivity contribution is 7.89. The van der Waals surface area contributed by atoms with E-state index in [4.69, 9.17) is 0 Å². The molecule has 0 saturated heterocycles. The van der Waals surface area contributed by atoms with E-state index in [0.717, 1.165) is 28.6 Å². The fourth-order valence-electron chi connectivity index (χ4n) is 5.63. The molecule has 1 aromatic heterocycles. The molecular weight excluding hydrogens is 539 g/mol. The van der Waals surface area contributed by atoms with Gasteiger partial charge in [0.1, 0.15) is 11.6 Å². The summed E-state index contributed by atoms with van der Waals surface area (Å²) in [5.41, 5.74) is 3.26. The Hall–Kier alpha value is -3.82. The molecule has 9 heteroatoms.